The van der Waals surface area contributed by atoms with Crippen molar-refractivity contribution in [3.8, 4) is 5.75 Å². The second-order valence-corrected chi connectivity index (χ2v) is 5.63. The van der Waals surface area contributed by atoms with Crippen molar-refractivity contribution in [3.63, 3.8) is 0 Å². The molecule has 0 saturated carbocycles. The summed E-state index contributed by atoms with van der Waals surface area (Å²) in [7, 11) is 1.74. The van der Waals surface area contributed by atoms with Gasteiger partial charge in [-0.15, -0.1) is 11.3 Å². The van der Waals surface area contributed by atoms with Crippen molar-refractivity contribution in [1.29, 1.82) is 0 Å². The maximum absolute atomic E-state index is 5.52. The van der Waals surface area contributed by atoms with Crippen LogP contribution in [0.2, 0.25) is 0 Å². The Bertz CT molecular complexity index is 507. The van der Waals surface area contributed by atoms with Gasteiger partial charge in [-0.25, -0.2) is 0 Å². The highest BCUT2D eigenvalue weighted by Gasteiger charge is 2.18. The van der Waals surface area contributed by atoms with Gasteiger partial charge in [-0.1, -0.05) is 30.7 Å². The van der Waals surface area contributed by atoms with Crippen LogP contribution in [0.3, 0.4) is 0 Å². The standard InChI is InChI=1S/C16H21NOS/c1-4-9-17-16(15-6-5-10-19-15)13-11-12(2)7-8-14(13)18-3/h5-8,10-11,16-17H,4,9H2,1-3H3. The van der Waals surface area contributed by atoms with E-state index in [0.29, 0.717) is 0 Å². The molecule has 19 heavy (non-hydrogen) atoms. The Kier molecular flexibility index (Phi) is 5.00. The number of aryl methyl sites for hydroxylation is 1. The van der Waals surface area contributed by atoms with Crippen LogP contribution in [0.25, 0.3) is 0 Å². The lowest BCUT2D eigenvalue weighted by Crippen LogP contribution is -2.23. The van der Waals surface area contributed by atoms with Gasteiger partial charge in [-0.3, -0.25) is 0 Å². The van der Waals surface area contributed by atoms with Gasteiger partial charge in [0.2, 0.25) is 0 Å². The number of ether oxygens (including phenoxy) is 1. The van der Waals surface area contributed by atoms with E-state index in [2.05, 4.69) is 54.9 Å². The van der Waals surface area contributed by atoms with Gasteiger partial charge < -0.3 is 10.1 Å². The van der Waals surface area contributed by atoms with Gasteiger partial charge in [0.05, 0.1) is 13.2 Å². The molecule has 1 unspecified atom stereocenters. The second-order valence-electron chi connectivity index (χ2n) is 4.65. The average Bonchev–Trinajstić information content (AvgIpc) is 2.93. The number of hydrogen-bond donors (Lipinski definition) is 1. The van der Waals surface area contributed by atoms with Crippen molar-refractivity contribution in [1.82, 2.24) is 5.32 Å². The predicted molar refractivity (Wildman–Crippen MR) is 82.2 cm³/mol. The van der Waals surface area contributed by atoms with Crippen molar-refractivity contribution in [3.05, 3.63) is 51.7 Å². The summed E-state index contributed by atoms with van der Waals surface area (Å²) < 4.78 is 5.52. The normalized spacial score (nSPS) is 12.4. The summed E-state index contributed by atoms with van der Waals surface area (Å²) >= 11 is 1.78. The van der Waals surface area contributed by atoms with Gasteiger partial charge in [-0.2, -0.15) is 0 Å². The fourth-order valence-corrected chi connectivity index (χ4v) is 3.01. The van der Waals surface area contributed by atoms with Crippen LogP contribution in [0.4, 0.5) is 0 Å². The van der Waals surface area contributed by atoms with Gasteiger partial charge in [0.25, 0.3) is 0 Å². The molecule has 1 N–H and O–H groups in total. The van der Waals surface area contributed by atoms with E-state index in [-0.39, 0.29) is 6.04 Å². The summed E-state index contributed by atoms with van der Waals surface area (Å²) in [6, 6.07) is 10.9. The van der Waals surface area contributed by atoms with Crippen molar-refractivity contribution < 1.29 is 4.74 Å². The topological polar surface area (TPSA) is 21.3 Å². The highest BCUT2D eigenvalue weighted by molar-refractivity contribution is 7.10. The van der Waals surface area contributed by atoms with E-state index in [1.165, 1.54) is 16.0 Å². The van der Waals surface area contributed by atoms with Crippen LogP contribution in [-0.4, -0.2) is 13.7 Å². The Morgan fingerprint density at radius 1 is 1.32 bits per heavy atom. The SMILES string of the molecule is CCCNC(c1cccs1)c1cc(C)ccc1OC. The van der Waals surface area contributed by atoms with E-state index in [0.717, 1.165) is 18.7 Å². The van der Waals surface area contributed by atoms with E-state index < -0.39 is 0 Å². The smallest absolute Gasteiger partial charge is 0.124 e. The number of benzene rings is 1. The van der Waals surface area contributed by atoms with E-state index in [9.17, 15) is 0 Å². The third kappa shape index (κ3) is 3.37. The largest absolute Gasteiger partial charge is 0.496 e. The lowest BCUT2D eigenvalue weighted by Gasteiger charge is -2.20. The minimum absolute atomic E-state index is 0.217. The first-order chi connectivity index (χ1) is 9.26. The van der Waals surface area contributed by atoms with Crippen molar-refractivity contribution >= 4 is 11.3 Å². The summed E-state index contributed by atoms with van der Waals surface area (Å²) in [4.78, 5) is 1.33. The molecule has 3 heteroatoms. The third-order valence-electron chi connectivity index (χ3n) is 3.12. The summed E-state index contributed by atoms with van der Waals surface area (Å²) in [5, 5.41) is 5.74. The number of rotatable bonds is 6. The maximum atomic E-state index is 5.52. The summed E-state index contributed by atoms with van der Waals surface area (Å²) in [6.07, 6.45) is 1.12. The van der Waals surface area contributed by atoms with E-state index >= 15 is 0 Å². The molecule has 1 atom stereocenters. The molecule has 1 aromatic carbocycles. The first-order valence-electron chi connectivity index (χ1n) is 6.67. The third-order valence-corrected chi connectivity index (χ3v) is 4.06. The zero-order valence-corrected chi connectivity index (χ0v) is 12.6. The molecule has 0 amide bonds. The zero-order valence-electron chi connectivity index (χ0n) is 11.8. The Morgan fingerprint density at radius 3 is 2.79 bits per heavy atom. The number of thiophene rings is 1. The van der Waals surface area contributed by atoms with Crippen LogP contribution >= 0.6 is 11.3 Å². The summed E-state index contributed by atoms with van der Waals surface area (Å²) in [5.41, 5.74) is 2.48. The molecule has 0 saturated heterocycles. The van der Waals surface area contributed by atoms with Crippen molar-refractivity contribution in [2.24, 2.45) is 0 Å². The van der Waals surface area contributed by atoms with Crippen molar-refractivity contribution in [2.45, 2.75) is 26.3 Å². The molecule has 0 fully saturated rings. The molecule has 0 spiro atoms. The zero-order chi connectivity index (χ0) is 13.7. The molecule has 2 nitrogen and oxygen atoms in total. The molecule has 2 rings (SSSR count). The summed E-state index contributed by atoms with van der Waals surface area (Å²) in [6.45, 7) is 5.31. The number of methoxy groups -OCH3 is 1. The highest BCUT2D eigenvalue weighted by atomic mass is 32.1. The quantitative estimate of drug-likeness (QED) is 0.855. The predicted octanol–water partition coefficient (Wildman–Crippen LogP) is 4.15. The van der Waals surface area contributed by atoms with Gasteiger partial charge >= 0.3 is 0 Å². The lowest BCUT2D eigenvalue weighted by molar-refractivity contribution is 0.404. The van der Waals surface area contributed by atoms with Crippen LogP contribution < -0.4 is 10.1 Å². The Hall–Kier alpha value is -1.32. The molecular formula is C16H21NOS. The molecule has 0 aliphatic rings. The first-order valence-corrected chi connectivity index (χ1v) is 7.55. The molecule has 1 heterocycles. The van der Waals surface area contributed by atoms with Gasteiger partial charge in [0, 0.05) is 10.4 Å². The molecule has 0 aliphatic heterocycles. The minimum Gasteiger partial charge on any atom is -0.496 e. The first kappa shape index (κ1) is 14.1. The molecule has 0 radical (unpaired) electrons. The van der Waals surface area contributed by atoms with E-state index in [1.54, 1.807) is 18.4 Å². The number of hydrogen-bond acceptors (Lipinski definition) is 3. The minimum atomic E-state index is 0.217. The van der Waals surface area contributed by atoms with E-state index in [1.807, 2.05) is 0 Å². The molecule has 0 aliphatic carbocycles. The Balaban J connectivity index is 2.39. The second kappa shape index (κ2) is 6.73. The molecule has 1 aromatic heterocycles. The van der Waals surface area contributed by atoms with Crippen LogP contribution in [0.15, 0.2) is 35.7 Å². The monoisotopic (exact) mass is 275 g/mol. The van der Waals surface area contributed by atoms with Gasteiger partial charge in [-0.05, 0) is 37.4 Å². The molecule has 2 aromatic rings. The Labute approximate surface area is 119 Å². The van der Waals surface area contributed by atoms with E-state index in [4.69, 9.17) is 4.74 Å². The van der Waals surface area contributed by atoms with Gasteiger partial charge in [0.1, 0.15) is 5.75 Å². The molecule has 0 bridgehead atoms. The lowest BCUT2D eigenvalue weighted by atomic mass is 10.0. The van der Waals surface area contributed by atoms with Crippen LogP contribution in [0.1, 0.15) is 35.4 Å². The van der Waals surface area contributed by atoms with Crippen LogP contribution in [0, 0.1) is 6.92 Å². The number of nitrogens with one attached hydrogen (secondary N) is 1. The fraction of sp³-hybridized carbons (Fsp3) is 0.375. The van der Waals surface area contributed by atoms with Gasteiger partial charge in [0.15, 0.2) is 0 Å². The Morgan fingerprint density at radius 2 is 2.16 bits per heavy atom. The van der Waals surface area contributed by atoms with Crippen LogP contribution in [-0.2, 0) is 0 Å². The highest BCUT2D eigenvalue weighted by Crippen LogP contribution is 2.33. The molecular weight excluding hydrogens is 254 g/mol. The average molecular weight is 275 g/mol. The fourth-order valence-electron chi connectivity index (χ4n) is 2.19. The van der Waals surface area contributed by atoms with Crippen LogP contribution in [0.5, 0.6) is 5.75 Å². The van der Waals surface area contributed by atoms with Crippen molar-refractivity contribution in [2.75, 3.05) is 13.7 Å². The summed E-state index contributed by atoms with van der Waals surface area (Å²) in [5.74, 6) is 0.951. The molecule has 102 valence electrons. The maximum Gasteiger partial charge on any atom is 0.124 e.